The summed E-state index contributed by atoms with van der Waals surface area (Å²) in [6, 6.07) is 4.79. The van der Waals surface area contributed by atoms with Crippen molar-refractivity contribution in [3.8, 4) is 0 Å². The molecule has 0 saturated carbocycles. The van der Waals surface area contributed by atoms with Gasteiger partial charge in [0, 0.05) is 25.1 Å². The standard InChI is InChI=1S/C17H19N3O4/c21-15(22)7-8-18-16(23)11-5-6-12-13(10-11)19-14-4-2-1-3-9-20(14)17(12)24/h5-6,10H,1-4,7-9H2,(H,18,23)(H,21,22). The summed E-state index contributed by atoms with van der Waals surface area (Å²) in [7, 11) is 0. The summed E-state index contributed by atoms with van der Waals surface area (Å²) in [5.74, 6) is -0.561. The van der Waals surface area contributed by atoms with Crippen molar-refractivity contribution in [3.63, 3.8) is 0 Å². The van der Waals surface area contributed by atoms with Crippen LogP contribution in [0.4, 0.5) is 0 Å². The molecule has 126 valence electrons. The number of fused-ring (bicyclic) bond motifs is 2. The van der Waals surface area contributed by atoms with Crippen molar-refractivity contribution in [2.24, 2.45) is 0 Å². The number of amides is 1. The van der Waals surface area contributed by atoms with E-state index < -0.39 is 5.97 Å². The molecule has 1 aliphatic heterocycles. The average Bonchev–Trinajstić information content (AvgIpc) is 2.79. The van der Waals surface area contributed by atoms with Gasteiger partial charge in [-0.15, -0.1) is 0 Å². The van der Waals surface area contributed by atoms with Crippen molar-refractivity contribution in [3.05, 3.63) is 39.9 Å². The molecule has 24 heavy (non-hydrogen) atoms. The summed E-state index contributed by atoms with van der Waals surface area (Å²) >= 11 is 0. The van der Waals surface area contributed by atoms with Crippen LogP contribution in [0.25, 0.3) is 10.9 Å². The molecule has 2 aromatic rings. The van der Waals surface area contributed by atoms with E-state index in [9.17, 15) is 14.4 Å². The normalized spacial score (nSPS) is 14.0. The Morgan fingerprint density at radius 2 is 2.08 bits per heavy atom. The average molecular weight is 329 g/mol. The predicted octanol–water partition coefficient (Wildman–Crippen LogP) is 1.33. The zero-order valence-electron chi connectivity index (χ0n) is 13.2. The first-order valence-electron chi connectivity index (χ1n) is 8.10. The maximum atomic E-state index is 12.6. The number of aromatic nitrogens is 2. The molecule has 0 radical (unpaired) electrons. The second-order valence-corrected chi connectivity index (χ2v) is 5.93. The summed E-state index contributed by atoms with van der Waals surface area (Å²) in [6.07, 6.45) is 3.69. The topological polar surface area (TPSA) is 101 Å². The van der Waals surface area contributed by atoms with Crippen LogP contribution < -0.4 is 10.9 Å². The summed E-state index contributed by atoms with van der Waals surface area (Å²) in [5.41, 5.74) is 0.826. The molecule has 3 rings (SSSR count). The lowest BCUT2D eigenvalue weighted by Gasteiger charge is -2.11. The van der Waals surface area contributed by atoms with E-state index in [1.165, 1.54) is 0 Å². The van der Waals surface area contributed by atoms with Gasteiger partial charge in [-0.2, -0.15) is 0 Å². The van der Waals surface area contributed by atoms with Crippen LogP contribution >= 0.6 is 0 Å². The lowest BCUT2D eigenvalue weighted by molar-refractivity contribution is -0.136. The van der Waals surface area contributed by atoms with Crippen molar-refractivity contribution in [2.45, 2.75) is 38.6 Å². The maximum absolute atomic E-state index is 12.6. The Kier molecular flexibility index (Phi) is 4.59. The van der Waals surface area contributed by atoms with Crippen LogP contribution in [0.2, 0.25) is 0 Å². The van der Waals surface area contributed by atoms with Gasteiger partial charge in [0.25, 0.3) is 11.5 Å². The Morgan fingerprint density at radius 3 is 2.88 bits per heavy atom. The number of hydrogen-bond donors (Lipinski definition) is 2. The molecule has 1 aliphatic rings. The highest BCUT2D eigenvalue weighted by atomic mass is 16.4. The zero-order valence-corrected chi connectivity index (χ0v) is 13.2. The van der Waals surface area contributed by atoms with Gasteiger partial charge in [0.05, 0.1) is 17.3 Å². The maximum Gasteiger partial charge on any atom is 0.305 e. The quantitative estimate of drug-likeness (QED) is 0.881. The monoisotopic (exact) mass is 329 g/mol. The second-order valence-electron chi connectivity index (χ2n) is 5.93. The van der Waals surface area contributed by atoms with Crippen LogP contribution in [0.15, 0.2) is 23.0 Å². The Bertz CT molecular complexity index is 857. The van der Waals surface area contributed by atoms with E-state index in [2.05, 4.69) is 10.3 Å². The van der Waals surface area contributed by atoms with Crippen LogP contribution in [0.3, 0.4) is 0 Å². The zero-order chi connectivity index (χ0) is 17.1. The van der Waals surface area contributed by atoms with E-state index in [0.29, 0.717) is 23.0 Å². The van der Waals surface area contributed by atoms with Gasteiger partial charge in [0.1, 0.15) is 5.82 Å². The Balaban J connectivity index is 1.92. The minimum Gasteiger partial charge on any atom is -0.481 e. The minimum absolute atomic E-state index is 0.0604. The number of benzene rings is 1. The molecule has 0 fully saturated rings. The van der Waals surface area contributed by atoms with Crippen LogP contribution in [0, 0.1) is 0 Å². The SMILES string of the molecule is O=C(O)CCNC(=O)c1ccc2c(=O)n3c(nc2c1)CCCCC3. The van der Waals surface area contributed by atoms with Crippen LogP contribution in [0.5, 0.6) is 0 Å². The molecule has 1 amide bonds. The molecular weight excluding hydrogens is 310 g/mol. The van der Waals surface area contributed by atoms with E-state index in [1.54, 1.807) is 22.8 Å². The molecule has 0 atom stereocenters. The first-order chi connectivity index (χ1) is 11.6. The fourth-order valence-corrected chi connectivity index (χ4v) is 2.94. The summed E-state index contributed by atoms with van der Waals surface area (Å²) in [6.45, 7) is 0.751. The lowest BCUT2D eigenvalue weighted by atomic mass is 10.1. The van der Waals surface area contributed by atoms with Crippen molar-refractivity contribution >= 4 is 22.8 Å². The fourth-order valence-electron chi connectivity index (χ4n) is 2.94. The van der Waals surface area contributed by atoms with Crippen LogP contribution in [-0.4, -0.2) is 33.1 Å². The third-order valence-corrected chi connectivity index (χ3v) is 4.20. The number of aliphatic carboxylic acids is 1. The fraction of sp³-hybridized carbons (Fsp3) is 0.412. The molecule has 1 aromatic heterocycles. The smallest absolute Gasteiger partial charge is 0.305 e. The second kappa shape index (κ2) is 6.82. The van der Waals surface area contributed by atoms with Crippen LogP contribution in [0.1, 0.15) is 41.9 Å². The van der Waals surface area contributed by atoms with Crippen molar-refractivity contribution in [1.82, 2.24) is 14.9 Å². The van der Waals surface area contributed by atoms with Crippen molar-refractivity contribution in [1.29, 1.82) is 0 Å². The third kappa shape index (κ3) is 3.29. The molecule has 7 nitrogen and oxygen atoms in total. The highest BCUT2D eigenvalue weighted by molar-refractivity contribution is 5.97. The van der Waals surface area contributed by atoms with E-state index in [4.69, 9.17) is 5.11 Å². The highest BCUT2D eigenvalue weighted by Gasteiger charge is 2.15. The minimum atomic E-state index is -0.966. The number of hydrogen-bond acceptors (Lipinski definition) is 4. The molecule has 0 spiro atoms. The molecule has 0 aliphatic carbocycles. The van der Waals surface area contributed by atoms with Gasteiger partial charge < -0.3 is 10.4 Å². The van der Waals surface area contributed by atoms with Gasteiger partial charge in [-0.05, 0) is 31.0 Å². The van der Waals surface area contributed by atoms with Gasteiger partial charge in [-0.3, -0.25) is 19.0 Å². The highest BCUT2D eigenvalue weighted by Crippen LogP contribution is 2.16. The van der Waals surface area contributed by atoms with Gasteiger partial charge in [-0.25, -0.2) is 4.98 Å². The Hall–Kier alpha value is -2.70. The summed E-state index contributed by atoms with van der Waals surface area (Å²) in [5, 5.41) is 11.7. The largest absolute Gasteiger partial charge is 0.481 e. The van der Waals surface area contributed by atoms with E-state index >= 15 is 0 Å². The Morgan fingerprint density at radius 1 is 1.25 bits per heavy atom. The molecule has 0 unspecified atom stereocenters. The van der Waals surface area contributed by atoms with E-state index in [0.717, 1.165) is 31.5 Å². The first-order valence-corrected chi connectivity index (χ1v) is 8.10. The number of aryl methyl sites for hydroxylation is 1. The number of nitrogens with zero attached hydrogens (tertiary/aromatic N) is 2. The van der Waals surface area contributed by atoms with Gasteiger partial charge >= 0.3 is 5.97 Å². The Labute approximate surface area is 138 Å². The van der Waals surface area contributed by atoms with Gasteiger partial charge in [0.2, 0.25) is 0 Å². The number of carbonyl (C=O) groups is 2. The molecule has 1 aromatic carbocycles. The molecule has 0 saturated heterocycles. The number of carboxylic acids is 1. The van der Waals surface area contributed by atoms with E-state index in [-0.39, 0.29) is 24.4 Å². The molecule has 7 heteroatoms. The number of carbonyl (C=O) groups excluding carboxylic acids is 1. The first kappa shape index (κ1) is 16.2. The molecular formula is C17H19N3O4. The van der Waals surface area contributed by atoms with Gasteiger partial charge in [0.15, 0.2) is 0 Å². The number of rotatable bonds is 4. The molecule has 2 N–H and O–H groups in total. The van der Waals surface area contributed by atoms with Gasteiger partial charge in [-0.1, -0.05) is 6.42 Å². The van der Waals surface area contributed by atoms with Crippen LogP contribution in [-0.2, 0) is 17.8 Å². The molecule has 0 bridgehead atoms. The van der Waals surface area contributed by atoms with Crippen molar-refractivity contribution < 1.29 is 14.7 Å². The third-order valence-electron chi connectivity index (χ3n) is 4.20. The number of carboxylic acid groups (broad SMARTS) is 1. The van der Waals surface area contributed by atoms with E-state index in [1.807, 2.05) is 0 Å². The number of nitrogens with one attached hydrogen (secondary N) is 1. The summed E-state index contributed by atoms with van der Waals surface area (Å²) < 4.78 is 1.74. The molecule has 2 heterocycles. The summed E-state index contributed by atoms with van der Waals surface area (Å²) in [4.78, 5) is 39.8. The predicted molar refractivity (Wildman–Crippen MR) is 88.1 cm³/mol. The lowest BCUT2D eigenvalue weighted by Crippen LogP contribution is -2.27. The van der Waals surface area contributed by atoms with Crippen molar-refractivity contribution in [2.75, 3.05) is 6.54 Å².